The Morgan fingerprint density at radius 2 is 1.68 bits per heavy atom. The molecule has 0 aromatic heterocycles. The molecule has 0 amide bonds. The number of hydrogen-bond acceptors (Lipinski definition) is 4. The summed E-state index contributed by atoms with van der Waals surface area (Å²) in [6, 6.07) is 0. The standard InChI is InChI=1S/C27H42O4/c1-8-25(7,24(4,5)6)23(29)30-14-18(28)31-27(10-3)12-15-11-17(27)20-16-13-26(9-2)21(16)22(26)19(15)20/h15-17,19-22H,8-14H2,1-7H3. The monoisotopic (exact) mass is 430 g/mol. The molecule has 0 saturated heterocycles. The lowest BCUT2D eigenvalue weighted by atomic mass is 9.56. The van der Waals surface area contributed by atoms with E-state index in [0.29, 0.717) is 12.3 Å². The van der Waals surface area contributed by atoms with Crippen molar-refractivity contribution in [2.45, 2.75) is 92.6 Å². The second kappa shape index (κ2) is 6.50. The van der Waals surface area contributed by atoms with E-state index in [2.05, 4.69) is 13.8 Å². The van der Waals surface area contributed by atoms with Crippen LogP contribution in [0.2, 0.25) is 0 Å². The van der Waals surface area contributed by atoms with Crippen LogP contribution < -0.4 is 0 Å². The van der Waals surface area contributed by atoms with Crippen molar-refractivity contribution >= 4 is 11.9 Å². The zero-order valence-corrected chi connectivity index (χ0v) is 20.6. The fourth-order valence-corrected chi connectivity index (χ4v) is 9.38. The summed E-state index contributed by atoms with van der Waals surface area (Å²) in [6.07, 6.45) is 6.62. The Kier molecular flexibility index (Phi) is 4.57. The van der Waals surface area contributed by atoms with Gasteiger partial charge in [-0.05, 0) is 91.8 Å². The zero-order valence-electron chi connectivity index (χ0n) is 20.6. The van der Waals surface area contributed by atoms with E-state index in [1.165, 1.54) is 19.3 Å². The molecule has 0 aromatic carbocycles. The predicted molar refractivity (Wildman–Crippen MR) is 119 cm³/mol. The number of fused-ring (bicyclic) bond motifs is 8. The maximum atomic E-state index is 12.9. The first kappa shape index (κ1) is 21.8. The lowest BCUT2D eigenvalue weighted by Gasteiger charge is -2.51. The van der Waals surface area contributed by atoms with E-state index in [4.69, 9.17) is 9.47 Å². The molecule has 4 nitrogen and oxygen atoms in total. The van der Waals surface area contributed by atoms with Gasteiger partial charge in [0.25, 0.3) is 0 Å². The highest BCUT2D eigenvalue weighted by Gasteiger charge is 2.86. The fraction of sp³-hybridized carbons (Fsp3) is 0.926. The van der Waals surface area contributed by atoms with Crippen LogP contribution in [-0.2, 0) is 19.1 Å². The van der Waals surface area contributed by atoms with Crippen LogP contribution >= 0.6 is 0 Å². The number of rotatable bonds is 7. The highest BCUT2D eigenvalue weighted by Crippen LogP contribution is 2.90. The van der Waals surface area contributed by atoms with Gasteiger partial charge < -0.3 is 9.47 Å². The van der Waals surface area contributed by atoms with Gasteiger partial charge in [-0.15, -0.1) is 0 Å². The fourth-order valence-electron chi connectivity index (χ4n) is 9.38. The molecule has 5 aliphatic carbocycles. The number of esters is 2. The Balaban J connectivity index is 1.23. The third kappa shape index (κ3) is 2.54. The SMILES string of the molecule is CCC1(OC(=O)COC(=O)C(C)(CC)C(C)(C)C)CC2CC1C1C3CC4(CC)C3C4C21. The van der Waals surface area contributed by atoms with E-state index in [9.17, 15) is 9.59 Å². The van der Waals surface area contributed by atoms with Gasteiger partial charge >= 0.3 is 11.9 Å². The highest BCUT2D eigenvalue weighted by molar-refractivity contribution is 5.81. The van der Waals surface area contributed by atoms with Gasteiger partial charge in [-0.2, -0.15) is 0 Å². The molecular formula is C27H42O4. The largest absolute Gasteiger partial charge is 0.456 e. The molecule has 4 heteroatoms. The second-order valence-corrected chi connectivity index (χ2v) is 12.9. The third-order valence-electron chi connectivity index (χ3n) is 11.6. The molecule has 0 aliphatic heterocycles. The summed E-state index contributed by atoms with van der Waals surface area (Å²) in [5.41, 5.74) is -0.452. The molecule has 174 valence electrons. The number of carbonyl (C=O) groups is 2. The van der Waals surface area contributed by atoms with E-state index in [1.807, 2.05) is 34.6 Å². The van der Waals surface area contributed by atoms with Gasteiger partial charge in [0.05, 0.1) is 5.41 Å². The average Bonchev–Trinajstić information content (AvgIpc) is 3.09. The first-order valence-electron chi connectivity index (χ1n) is 12.9. The van der Waals surface area contributed by atoms with Crippen molar-refractivity contribution in [3.63, 3.8) is 0 Å². The van der Waals surface area contributed by atoms with E-state index < -0.39 is 5.41 Å². The Morgan fingerprint density at radius 1 is 0.968 bits per heavy atom. The van der Waals surface area contributed by atoms with Gasteiger partial charge in [0, 0.05) is 5.92 Å². The van der Waals surface area contributed by atoms with Crippen molar-refractivity contribution in [3.05, 3.63) is 0 Å². The lowest BCUT2D eigenvalue weighted by molar-refractivity contribution is -0.186. The van der Waals surface area contributed by atoms with Crippen molar-refractivity contribution in [1.82, 2.24) is 0 Å². The summed E-state index contributed by atoms with van der Waals surface area (Å²) in [6.45, 7) is 14.4. The number of carbonyl (C=O) groups excluding carboxylic acids is 2. The van der Waals surface area contributed by atoms with Crippen molar-refractivity contribution in [2.24, 2.45) is 57.7 Å². The van der Waals surface area contributed by atoms with Crippen molar-refractivity contribution in [1.29, 1.82) is 0 Å². The zero-order chi connectivity index (χ0) is 22.6. The summed E-state index contributed by atoms with van der Waals surface area (Å²) >= 11 is 0. The van der Waals surface area contributed by atoms with Gasteiger partial charge in [0.2, 0.25) is 0 Å². The van der Waals surface area contributed by atoms with Crippen LogP contribution in [0.3, 0.4) is 0 Å². The molecule has 31 heavy (non-hydrogen) atoms. The van der Waals surface area contributed by atoms with Crippen LogP contribution in [-0.4, -0.2) is 24.1 Å². The summed E-state index contributed by atoms with van der Waals surface area (Å²) in [5, 5.41) is 0. The summed E-state index contributed by atoms with van der Waals surface area (Å²) in [5.74, 6) is 5.17. The van der Waals surface area contributed by atoms with E-state index in [-0.39, 0.29) is 29.6 Å². The van der Waals surface area contributed by atoms with E-state index in [1.54, 1.807) is 0 Å². The molecule has 5 aliphatic rings. The Morgan fingerprint density at radius 3 is 2.26 bits per heavy atom. The van der Waals surface area contributed by atoms with Crippen LogP contribution in [0.5, 0.6) is 0 Å². The molecule has 10 unspecified atom stereocenters. The Bertz CT molecular complexity index is 798. The van der Waals surface area contributed by atoms with Gasteiger partial charge in [0.15, 0.2) is 6.61 Å². The van der Waals surface area contributed by atoms with Gasteiger partial charge in [-0.25, -0.2) is 4.79 Å². The van der Waals surface area contributed by atoms with Gasteiger partial charge in [0.1, 0.15) is 5.60 Å². The minimum Gasteiger partial charge on any atom is -0.456 e. The Hall–Kier alpha value is -1.06. The first-order valence-corrected chi connectivity index (χ1v) is 12.9. The Labute approximate surface area is 188 Å². The highest BCUT2D eigenvalue weighted by atomic mass is 16.6. The molecule has 2 bridgehead atoms. The summed E-state index contributed by atoms with van der Waals surface area (Å²) in [4.78, 5) is 25.7. The first-order chi connectivity index (χ1) is 14.5. The molecule has 5 fully saturated rings. The number of hydrogen-bond donors (Lipinski definition) is 0. The van der Waals surface area contributed by atoms with Gasteiger partial charge in [-0.1, -0.05) is 41.5 Å². The van der Waals surface area contributed by atoms with Crippen LogP contribution in [0, 0.1) is 57.7 Å². The quantitative estimate of drug-likeness (QED) is 0.491. The van der Waals surface area contributed by atoms with Crippen molar-refractivity contribution in [2.75, 3.05) is 6.61 Å². The second-order valence-electron chi connectivity index (χ2n) is 12.9. The van der Waals surface area contributed by atoms with Crippen LogP contribution in [0.1, 0.15) is 87.0 Å². The molecule has 0 N–H and O–H groups in total. The van der Waals surface area contributed by atoms with Crippen LogP contribution in [0.4, 0.5) is 0 Å². The van der Waals surface area contributed by atoms with Gasteiger partial charge in [-0.3, -0.25) is 4.79 Å². The van der Waals surface area contributed by atoms with E-state index in [0.717, 1.165) is 53.8 Å². The third-order valence-corrected chi connectivity index (χ3v) is 11.6. The molecule has 0 heterocycles. The number of ether oxygens (including phenoxy) is 2. The summed E-state index contributed by atoms with van der Waals surface area (Å²) < 4.78 is 11.7. The minimum absolute atomic E-state index is 0.229. The van der Waals surface area contributed by atoms with Crippen LogP contribution in [0.15, 0.2) is 0 Å². The molecule has 10 atom stereocenters. The smallest absolute Gasteiger partial charge is 0.344 e. The molecule has 0 radical (unpaired) electrons. The van der Waals surface area contributed by atoms with Crippen molar-refractivity contribution < 1.29 is 19.1 Å². The molecule has 5 saturated carbocycles. The lowest BCUT2D eigenvalue weighted by Crippen LogP contribution is -2.51. The minimum atomic E-state index is -0.615. The molecule has 5 rings (SSSR count). The average molecular weight is 431 g/mol. The van der Waals surface area contributed by atoms with E-state index >= 15 is 0 Å². The molecule has 0 aromatic rings. The topological polar surface area (TPSA) is 52.6 Å². The molecular weight excluding hydrogens is 388 g/mol. The molecule has 0 spiro atoms. The normalized spacial score (nSPS) is 47.8. The van der Waals surface area contributed by atoms with Crippen molar-refractivity contribution in [3.8, 4) is 0 Å². The maximum Gasteiger partial charge on any atom is 0.344 e. The summed E-state index contributed by atoms with van der Waals surface area (Å²) in [7, 11) is 0. The predicted octanol–water partition coefficient (Wildman–Crippen LogP) is 5.63. The van der Waals surface area contributed by atoms with Crippen LogP contribution in [0.25, 0.3) is 0 Å². The maximum absolute atomic E-state index is 12.9.